The number of methoxy groups -OCH3 is 2. The molecule has 6 heteroatoms. The maximum absolute atomic E-state index is 12.4. The Morgan fingerprint density at radius 1 is 1.09 bits per heavy atom. The summed E-state index contributed by atoms with van der Waals surface area (Å²) in [4.78, 5) is 24.8. The van der Waals surface area contributed by atoms with Gasteiger partial charge in [0.1, 0.15) is 18.0 Å². The summed E-state index contributed by atoms with van der Waals surface area (Å²) < 4.78 is 10.4. The predicted octanol–water partition coefficient (Wildman–Crippen LogP) is 2.55. The molecule has 0 heterocycles. The van der Waals surface area contributed by atoms with E-state index in [1.54, 1.807) is 32.4 Å². The van der Waals surface area contributed by atoms with E-state index < -0.39 is 5.97 Å². The first kappa shape index (κ1) is 18.8. The van der Waals surface area contributed by atoms with Crippen LogP contribution in [0.3, 0.4) is 0 Å². The maximum Gasteiger partial charge on any atom is 0.323 e. The van der Waals surface area contributed by atoms with E-state index in [1.165, 1.54) is 4.90 Å². The molecule has 0 saturated heterocycles. The minimum absolute atomic E-state index is 0.189. The lowest BCUT2D eigenvalue weighted by Crippen LogP contribution is -2.37. The van der Waals surface area contributed by atoms with Crippen LogP contribution in [-0.2, 0) is 16.1 Å². The zero-order valence-corrected chi connectivity index (χ0v) is 14.4. The van der Waals surface area contributed by atoms with E-state index in [4.69, 9.17) is 14.6 Å². The molecule has 0 fully saturated rings. The number of amides is 1. The van der Waals surface area contributed by atoms with Crippen LogP contribution < -0.4 is 9.47 Å². The summed E-state index contributed by atoms with van der Waals surface area (Å²) in [6.45, 7) is 5.68. The number of carbonyl (C=O) groups excluding carboxylic acids is 1. The van der Waals surface area contributed by atoms with E-state index in [0.717, 1.165) is 5.56 Å². The molecule has 0 unspecified atom stereocenters. The van der Waals surface area contributed by atoms with Crippen molar-refractivity contribution in [2.24, 2.45) is 5.41 Å². The SMILES string of the molecule is COc1cc(CN(CC(=O)O)C(=O)CC(C)(C)C)cc(OC)c1. The van der Waals surface area contributed by atoms with Crippen molar-refractivity contribution in [2.45, 2.75) is 33.7 Å². The molecule has 1 N–H and O–H groups in total. The van der Waals surface area contributed by atoms with Crippen molar-refractivity contribution in [3.05, 3.63) is 23.8 Å². The van der Waals surface area contributed by atoms with Gasteiger partial charge in [0.15, 0.2) is 0 Å². The van der Waals surface area contributed by atoms with Crippen LogP contribution in [0.5, 0.6) is 11.5 Å². The van der Waals surface area contributed by atoms with Crippen LogP contribution in [0.1, 0.15) is 32.8 Å². The first-order chi connectivity index (χ1) is 10.6. The highest BCUT2D eigenvalue weighted by Crippen LogP contribution is 2.25. The van der Waals surface area contributed by atoms with Crippen LogP contribution in [0, 0.1) is 5.41 Å². The molecule has 0 aromatic heterocycles. The van der Waals surface area contributed by atoms with Gasteiger partial charge in [0, 0.05) is 19.0 Å². The molecular weight excluding hydrogens is 298 g/mol. The fourth-order valence-electron chi connectivity index (χ4n) is 2.14. The fraction of sp³-hybridized carbons (Fsp3) is 0.529. The van der Waals surface area contributed by atoms with Crippen molar-refractivity contribution in [3.8, 4) is 11.5 Å². The number of rotatable bonds is 7. The Kier molecular flexibility index (Phi) is 6.42. The predicted molar refractivity (Wildman–Crippen MR) is 86.7 cm³/mol. The van der Waals surface area contributed by atoms with E-state index in [9.17, 15) is 9.59 Å². The van der Waals surface area contributed by atoms with Crippen LogP contribution in [0.4, 0.5) is 0 Å². The van der Waals surface area contributed by atoms with Crippen molar-refractivity contribution in [3.63, 3.8) is 0 Å². The largest absolute Gasteiger partial charge is 0.497 e. The highest BCUT2D eigenvalue weighted by molar-refractivity contribution is 5.81. The average Bonchev–Trinajstić information content (AvgIpc) is 2.43. The van der Waals surface area contributed by atoms with Gasteiger partial charge in [-0.25, -0.2) is 0 Å². The number of hydrogen-bond donors (Lipinski definition) is 1. The molecule has 0 bridgehead atoms. The molecule has 0 aliphatic rings. The Hall–Kier alpha value is -2.24. The molecule has 1 aromatic carbocycles. The molecule has 0 saturated carbocycles. The van der Waals surface area contributed by atoms with Gasteiger partial charge in [0.25, 0.3) is 0 Å². The van der Waals surface area contributed by atoms with E-state index in [-0.39, 0.29) is 30.8 Å². The molecule has 23 heavy (non-hydrogen) atoms. The first-order valence-electron chi connectivity index (χ1n) is 7.36. The van der Waals surface area contributed by atoms with Gasteiger partial charge in [0.05, 0.1) is 14.2 Å². The van der Waals surface area contributed by atoms with Gasteiger partial charge in [0.2, 0.25) is 5.91 Å². The van der Waals surface area contributed by atoms with E-state index in [2.05, 4.69) is 0 Å². The normalized spacial score (nSPS) is 11.0. The molecule has 1 rings (SSSR count). The Bertz CT molecular complexity index is 540. The summed E-state index contributed by atoms with van der Waals surface area (Å²) >= 11 is 0. The Morgan fingerprint density at radius 3 is 2.00 bits per heavy atom. The van der Waals surface area contributed by atoms with Crippen molar-refractivity contribution < 1.29 is 24.2 Å². The monoisotopic (exact) mass is 323 g/mol. The number of aliphatic carboxylic acids is 1. The Labute approximate surface area is 137 Å². The van der Waals surface area contributed by atoms with Crippen LogP contribution in [-0.4, -0.2) is 42.6 Å². The molecule has 0 aliphatic heterocycles. The van der Waals surface area contributed by atoms with Gasteiger partial charge in [-0.1, -0.05) is 20.8 Å². The number of carbonyl (C=O) groups is 2. The molecule has 0 radical (unpaired) electrons. The number of carboxylic acids is 1. The number of carboxylic acid groups (broad SMARTS) is 1. The highest BCUT2D eigenvalue weighted by Gasteiger charge is 2.23. The van der Waals surface area contributed by atoms with Crippen molar-refractivity contribution in [1.29, 1.82) is 0 Å². The lowest BCUT2D eigenvalue weighted by atomic mass is 9.91. The second-order valence-electron chi connectivity index (χ2n) is 6.60. The van der Waals surface area contributed by atoms with Crippen LogP contribution in [0.2, 0.25) is 0 Å². The van der Waals surface area contributed by atoms with E-state index >= 15 is 0 Å². The topological polar surface area (TPSA) is 76.1 Å². The lowest BCUT2D eigenvalue weighted by molar-refractivity contribution is -0.145. The maximum atomic E-state index is 12.4. The third kappa shape index (κ3) is 6.59. The first-order valence-corrected chi connectivity index (χ1v) is 7.36. The van der Waals surface area contributed by atoms with Gasteiger partial charge < -0.3 is 19.5 Å². The van der Waals surface area contributed by atoms with Crippen molar-refractivity contribution in [2.75, 3.05) is 20.8 Å². The van der Waals surface area contributed by atoms with Crippen molar-refractivity contribution in [1.82, 2.24) is 4.90 Å². The summed E-state index contributed by atoms with van der Waals surface area (Å²) in [6, 6.07) is 5.26. The van der Waals surface area contributed by atoms with E-state index in [1.807, 2.05) is 20.8 Å². The smallest absolute Gasteiger partial charge is 0.323 e. The zero-order chi connectivity index (χ0) is 17.6. The molecule has 128 valence electrons. The van der Waals surface area contributed by atoms with Gasteiger partial charge in [-0.2, -0.15) is 0 Å². The van der Waals surface area contributed by atoms with Gasteiger partial charge >= 0.3 is 5.97 Å². The minimum atomic E-state index is -1.04. The molecule has 0 spiro atoms. The number of ether oxygens (including phenoxy) is 2. The standard InChI is InChI=1S/C17H25NO5/c1-17(2,3)9-15(19)18(11-16(20)21)10-12-6-13(22-4)8-14(7-12)23-5/h6-8H,9-11H2,1-5H3,(H,20,21). The summed E-state index contributed by atoms with van der Waals surface area (Å²) in [7, 11) is 3.08. The average molecular weight is 323 g/mol. The van der Waals surface area contributed by atoms with Gasteiger partial charge in [-0.3, -0.25) is 9.59 Å². The van der Waals surface area contributed by atoms with Crippen LogP contribution in [0.25, 0.3) is 0 Å². The Morgan fingerprint density at radius 2 is 1.61 bits per heavy atom. The number of nitrogens with zero attached hydrogens (tertiary/aromatic N) is 1. The van der Waals surface area contributed by atoms with Crippen molar-refractivity contribution >= 4 is 11.9 Å². The second-order valence-corrected chi connectivity index (χ2v) is 6.60. The molecule has 0 aliphatic carbocycles. The quantitative estimate of drug-likeness (QED) is 0.834. The summed E-state index contributed by atoms with van der Waals surface area (Å²) in [6.07, 6.45) is 0.279. The summed E-state index contributed by atoms with van der Waals surface area (Å²) in [5, 5.41) is 9.07. The minimum Gasteiger partial charge on any atom is -0.497 e. The third-order valence-electron chi connectivity index (χ3n) is 3.15. The molecule has 0 atom stereocenters. The molecular formula is C17H25NO5. The molecule has 1 aromatic rings. The zero-order valence-electron chi connectivity index (χ0n) is 14.4. The summed E-state index contributed by atoms with van der Waals surface area (Å²) in [5.74, 6) is -0.0420. The van der Waals surface area contributed by atoms with Crippen LogP contribution in [0.15, 0.2) is 18.2 Å². The number of hydrogen-bond acceptors (Lipinski definition) is 4. The number of benzene rings is 1. The molecule has 6 nitrogen and oxygen atoms in total. The van der Waals surface area contributed by atoms with Gasteiger partial charge in [-0.15, -0.1) is 0 Å². The lowest BCUT2D eigenvalue weighted by Gasteiger charge is -2.25. The summed E-state index contributed by atoms with van der Waals surface area (Å²) in [5.41, 5.74) is 0.546. The van der Waals surface area contributed by atoms with Crippen LogP contribution >= 0.6 is 0 Å². The van der Waals surface area contributed by atoms with Gasteiger partial charge in [-0.05, 0) is 23.1 Å². The Balaban J connectivity index is 3.01. The second kappa shape index (κ2) is 7.85. The highest BCUT2D eigenvalue weighted by atomic mass is 16.5. The van der Waals surface area contributed by atoms with E-state index in [0.29, 0.717) is 11.5 Å². The molecule has 1 amide bonds. The fourth-order valence-corrected chi connectivity index (χ4v) is 2.14. The third-order valence-corrected chi connectivity index (χ3v) is 3.15.